The Labute approximate surface area is 121 Å². The molecule has 1 aliphatic heterocycles. The third-order valence-corrected chi connectivity index (χ3v) is 2.44. The van der Waals surface area contributed by atoms with Crippen molar-refractivity contribution in [3.63, 3.8) is 0 Å². The molecule has 4 N–H and O–H groups in total. The third kappa shape index (κ3) is 2.84. The number of H-pyrrole nitrogens is 1. The highest BCUT2D eigenvalue weighted by molar-refractivity contribution is 5.71. The predicted octanol–water partition coefficient (Wildman–Crippen LogP) is -4.46. The van der Waals surface area contributed by atoms with Gasteiger partial charge >= 0.3 is 0 Å². The van der Waals surface area contributed by atoms with Gasteiger partial charge in [-0.3, -0.25) is 9.78 Å². The lowest BCUT2D eigenvalue weighted by Gasteiger charge is -2.17. The fourth-order valence-corrected chi connectivity index (χ4v) is 1.77. The van der Waals surface area contributed by atoms with Gasteiger partial charge in [0, 0.05) is 7.05 Å². The van der Waals surface area contributed by atoms with Crippen LogP contribution in [0, 0.1) is 0 Å². The van der Waals surface area contributed by atoms with E-state index in [1.54, 1.807) is 16.8 Å². The Hall–Kier alpha value is -1.07. The molecule has 0 amide bonds. The molecule has 0 aliphatic carbocycles. The topological polar surface area (TPSA) is 108 Å². The average Bonchev–Trinajstić information content (AvgIpc) is 2.56. The van der Waals surface area contributed by atoms with E-state index in [0.717, 1.165) is 0 Å². The van der Waals surface area contributed by atoms with Gasteiger partial charge in [0.1, 0.15) is 12.4 Å². The SMILES string of the molecule is CN1CN(COCCO)c2nc(N)[nH]c(=O)c21.[I-]. The van der Waals surface area contributed by atoms with Crippen LogP contribution >= 0.6 is 0 Å². The van der Waals surface area contributed by atoms with Crippen molar-refractivity contribution in [3.8, 4) is 0 Å². The Balaban J connectivity index is 0.00000162. The number of hydrogen-bond donors (Lipinski definition) is 3. The number of hydrogen-bond acceptors (Lipinski definition) is 7. The van der Waals surface area contributed by atoms with Crippen LogP contribution in [0.1, 0.15) is 0 Å². The minimum Gasteiger partial charge on any atom is -1.00 e. The minimum atomic E-state index is -0.264. The molecule has 0 spiro atoms. The summed E-state index contributed by atoms with van der Waals surface area (Å²) in [7, 11) is 1.79. The van der Waals surface area contributed by atoms with Gasteiger partial charge in [0.25, 0.3) is 5.56 Å². The first-order valence-corrected chi connectivity index (χ1v) is 5.18. The summed E-state index contributed by atoms with van der Waals surface area (Å²) in [6.45, 7) is 0.962. The number of nitrogens with one attached hydrogen (secondary N) is 1. The number of halogens is 1. The molecular weight excluding hydrogens is 353 g/mol. The number of rotatable bonds is 4. The molecule has 1 aliphatic rings. The normalized spacial score (nSPS) is 13.4. The number of nitrogens with two attached hydrogens (primary N) is 1. The lowest BCUT2D eigenvalue weighted by Crippen LogP contribution is -3.00. The van der Waals surface area contributed by atoms with E-state index in [4.69, 9.17) is 15.6 Å². The zero-order valence-electron chi connectivity index (χ0n) is 9.89. The van der Waals surface area contributed by atoms with Crippen molar-refractivity contribution < 1.29 is 33.8 Å². The molecule has 1 aromatic rings. The summed E-state index contributed by atoms with van der Waals surface area (Å²) < 4.78 is 5.21. The largest absolute Gasteiger partial charge is 1.00 e. The van der Waals surface area contributed by atoms with E-state index in [1.807, 2.05) is 0 Å². The van der Waals surface area contributed by atoms with E-state index in [9.17, 15) is 4.79 Å². The van der Waals surface area contributed by atoms with Gasteiger partial charge < -0.3 is 49.4 Å². The first-order chi connectivity index (χ1) is 8.13. The Morgan fingerprint density at radius 1 is 1.61 bits per heavy atom. The van der Waals surface area contributed by atoms with E-state index < -0.39 is 0 Å². The highest BCUT2D eigenvalue weighted by Gasteiger charge is 2.28. The van der Waals surface area contributed by atoms with Gasteiger partial charge in [-0.05, 0) is 0 Å². The number of nitrogens with zero attached hydrogens (tertiary/aromatic N) is 3. The molecule has 9 heteroatoms. The number of aromatic nitrogens is 2. The molecule has 0 aromatic carbocycles. The Kier molecular flexibility index (Phi) is 5.16. The number of aliphatic hydroxyl groups is 1. The number of aliphatic hydroxyl groups excluding tert-OH is 1. The fourth-order valence-electron chi connectivity index (χ4n) is 1.77. The van der Waals surface area contributed by atoms with E-state index in [1.165, 1.54) is 0 Å². The maximum atomic E-state index is 11.7. The van der Waals surface area contributed by atoms with E-state index in [2.05, 4.69) is 9.97 Å². The summed E-state index contributed by atoms with van der Waals surface area (Å²) in [6, 6.07) is 0. The van der Waals surface area contributed by atoms with Crippen LogP contribution in [-0.4, -0.2) is 48.7 Å². The standard InChI is InChI=1S/C9H15N5O3.HI/c1-13-4-14(5-17-3-2-15)7-6(13)8(16)12-9(10)11-7;/h15H,2-5H2,1H3,(H3,10,11,12,16);1H/p-1. The monoisotopic (exact) mass is 368 g/mol. The maximum absolute atomic E-state index is 11.7. The van der Waals surface area contributed by atoms with Gasteiger partial charge in [-0.1, -0.05) is 0 Å². The van der Waals surface area contributed by atoms with E-state index in [-0.39, 0.29) is 55.4 Å². The number of ether oxygens (including phenoxy) is 1. The van der Waals surface area contributed by atoms with Crippen molar-refractivity contribution in [2.75, 3.05) is 49.2 Å². The van der Waals surface area contributed by atoms with Crippen molar-refractivity contribution in [1.29, 1.82) is 0 Å². The summed E-state index contributed by atoms with van der Waals surface area (Å²) in [4.78, 5) is 21.8. The van der Waals surface area contributed by atoms with Crippen LogP contribution in [0.15, 0.2) is 4.79 Å². The molecule has 0 unspecified atom stereocenters. The highest BCUT2D eigenvalue weighted by Crippen LogP contribution is 2.29. The smallest absolute Gasteiger partial charge is 0.278 e. The summed E-state index contributed by atoms with van der Waals surface area (Å²) in [6.07, 6.45) is 0. The van der Waals surface area contributed by atoms with Crippen molar-refractivity contribution in [2.24, 2.45) is 0 Å². The molecule has 2 heterocycles. The molecule has 0 atom stereocenters. The van der Waals surface area contributed by atoms with Crippen LogP contribution in [-0.2, 0) is 4.74 Å². The van der Waals surface area contributed by atoms with E-state index in [0.29, 0.717) is 18.2 Å². The number of aromatic amines is 1. The van der Waals surface area contributed by atoms with Gasteiger partial charge in [0.15, 0.2) is 5.82 Å². The van der Waals surface area contributed by atoms with E-state index >= 15 is 0 Å². The molecular formula is C9H15IN5O3-. The Morgan fingerprint density at radius 2 is 2.33 bits per heavy atom. The number of fused-ring (bicyclic) bond motifs is 1. The number of anilines is 3. The Bertz CT molecular complexity index is 466. The van der Waals surface area contributed by atoms with Crippen LogP contribution < -0.4 is 45.1 Å². The summed E-state index contributed by atoms with van der Waals surface area (Å²) in [5, 5.41) is 8.63. The molecule has 2 rings (SSSR count). The second kappa shape index (κ2) is 6.20. The predicted molar refractivity (Wildman–Crippen MR) is 62.9 cm³/mol. The minimum absolute atomic E-state index is 0. The lowest BCUT2D eigenvalue weighted by molar-refractivity contribution is -0.00000494. The zero-order chi connectivity index (χ0) is 12.4. The molecule has 0 saturated heterocycles. The Morgan fingerprint density at radius 3 is 3.00 bits per heavy atom. The summed E-state index contributed by atoms with van der Waals surface area (Å²) >= 11 is 0. The van der Waals surface area contributed by atoms with Crippen molar-refractivity contribution in [2.45, 2.75) is 0 Å². The average molecular weight is 368 g/mol. The van der Waals surface area contributed by atoms with Gasteiger partial charge in [0.2, 0.25) is 5.95 Å². The van der Waals surface area contributed by atoms with Crippen molar-refractivity contribution in [3.05, 3.63) is 10.4 Å². The molecule has 8 nitrogen and oxygen atoms in total. The van der Waals surface area contributed by atoms with Crippen molar-refractivity contribution >= 4 is 17.5 Å². The van der Waals surface area contributed by atoms with Crippen LogP contribution in [0.25, 0.3) is 0 Å². The lowest BCUT2D eigenvalue weighted by atomic mass is 10.4. The van der Waals surface area contributed by atoms with Gasteiger partial charge in [-0.25, -0.2) is 0 Å². The summed E-state index contributed by atoms with van der Waals surface area (Å²) in [5.41, 5.74) is 5.72. The number of nitrogen functional groups attached to an aromatic ring is 1. The molecule has 18 heavy (non-hydrogen) atoms. The van der Waals surface area contributed by atoms with Gasteiger partial charge in [0.05, 0.1) is 19.9 Å². The fraction of sp³-hybridized carbons (Fsp3) is 0.556. The van der Waals surface area contributed by atoms with Crippen molar-refractivity contribution in [1.82, 2.24) is 9.97 Å². The molecule has 0 fully saturated rings. The van der Waals surface area contributed by atoms with Crippen LogP contribution in [0.4, 0.5) is 17.5 Å². The molecule has 1 aromatic heterocycles. The first-order valence-electron chi connectivity index (χ1n) is 5.18. The second-order valence-corrected chi connectivity index (χ2v) is 3.76. The first kappa shape index (κ1) is 15.0. The third-order valence-electron chi connectivity index (χ3n) is 2.44. The zero-order valence-corrected chi connectivity index (χ0v) is 12.0. The van der Waals surface area contributed by atoms with Gasteiger partial charge in [-0.2, -0.15) is 4.98 Å². The van der Waals surface area contributed by atoms with Crippen LogP contribution in [0.3, 0.4) is 0 Å². The van der Waals surface area contributed by atoms with Crippen LogP contribution in [0.2, 0.25) is 0 Å². The van der Waals surface area contributed by atoms with Gasteiger partial charge in [-0.15, -0.1) is 0 Å². The van der Waals surface area contributed by atoms with Crippen LogP contribution in [0.5, 0.6) is 0 Å². The molecule has 0 bridgehead atoms. The second-order valence-electron chi connectivity index (χ2n) is 3.76. The molecule has 0 radical (unpaired) electrons. The highest BCUT2D eigenvalue weighted by atomic mass is 127. The quantitative estimate of drug-likeness (QED) is 0.364. The molecule has 102 valence electrons. The maximum Gasteiger partial charge on any atom is 0.278 e. The summed E-state index contributed by atoms with van der Waals surface area (Å²) in [5.74, 6) is 0.586. The molecule has 0 saturated carbocycles.